The Labute approximate surface area is 93.3 Å². The van der Waals surface area contributed by atoms with E-state index in [-0.39, 0.29) is 6.29 Å². The van der Waals surface area contributed by atoms with Gasteiger partial charge < -0.3 is 9.47 Å². The quantitative estimate of drug-likeness (QED) is 0.324. The molecule has 0 N–H and O–H groups in total. The Balaban J connectivity index is 2.68. The molecular formula is C11H14O3S. The number of rotatable bonds is 6. The average Bonchev–Trinajstić information content (AvgIpc) is 2.70. The minimum absolute atomic E-state index is 0.344. The van der Waals surface area contributed by atoms with Crippen molar-refractivity contribution < 1.29 is 14.3 Å². The SMILES string of the molecule is CCOC(C)OC(=CC=O)c1cccs1. The monoisotopic (exact) mass is 226 g/mol. The van der Waals surface area contributed by atoms with E-state index in [1.807, 2.05) is 24.4 Å². The van der Waals surface area contributed by atoms with E-state index in [1.54, 1.807) is 6.92 Å². The Morgan fingerprint density at radius 2 is 2.47 bits per heavy atom. The first-order chi connectivity index (χ1) is 7.27. The molecule has 15 heavy (non-hydrogen) atoms. The lowest BCUT2D eigenvalue weighted by Crippen LogP contribution is -2.11. The van der Waals surface area contributed by atoms with E-state index in [0.29, 0.717) is 18.7 Å². The summed E-state index contributed by atoms with van der Waals surface area (Å²) < 4.78 is 10.7. The lowest BCUT2D eigenvalue weighted by molar-refractivity contribution is -0.104. The van der Waals surface area contributed by atoms with Crippen molar-refractivity contribution in [2.24, 2.45) is 0 Å². The van der Waals surface area contributed by atoms with Crippen molar-refractivity contribution in [1.82, 2.24) is 0 Å². The molecule has 0 aliphatic carbocycles. The van der Waals surface area contributed by atoms with E-state index in [4.69, 9.17) is 9.47 Å². The van der Waals surface area contributed by atoms with Crippen molar-refractivity contribution in [2.45, 2.75) is 20.1 Å². The van der Waals surface area contributed by atoms with E-state index >= 15 is 0 Å². The first-order valence-electron chi connectivity index (χ1n) is 4.75. The number of hydrogen-bond donors (Lipinski definition) is 0. The Kier molecular flexibility index (Phi) is 5.07. The van der Waals surface area contributed by atoms with Gasteiger partial charge in [0, 0.05) is 12.7 Å². The number of allylic oxidation sites excluding steroid dienone is 1. The predicted molar refractivity (Wildman–Crippen MR) is 60.5 cm³/mol. The van der Waals surface area contributed by atoms with Gasteiger partial charge in [-0.15, -0.1) is 11.3 Å². The number of thiophene rings is 1. The third kappa shape index (κ3) is 3.85. The summed E-state index contributed by atoms with van der Waals surface area (Å²) in [6.07, 6.45) is 1.78. The maximum Gasteiger partial charge on any atom is 0.197 e. The molecule has 0 bridgehead atoms. The second kappa shape index (κ2) is 6.37. The molecule has 0 aromatic carbocycles. The fourth-order valence-corrected chi connectivity index (χ4v) is 1.80. The smallest absolute Gasteiger partial charge is 0.197 e. The maximum atomic E-state index is 10.5. The Morgan fingerprint density at radius 3 is 3.00 bits per heavy atom. The fraction of sp³-hybridized carbons (Fsp3) is 0.364. The van der Waals surface area contributed by atoms with Gasteiger partial charge in [0.1, 0.15) is 12.0 Å². The highest BCUT2D eigenvalue weighted by atomic mass is 32.1. The predicted octanol–water partition coefficient (Wildman–Crippen LogP) is 2.69. The molecular weight excluding hydrogens is 212 g/mol. The van der Waals surface area contributed by atoms with Crippen molar-refractivity contribution in [1.29, 1.82) is 0 Å². The van der Waals surface area contributed by atoms with Crippen molar-refractivity contribution in [3.8, 4) is 0 Å². The molecule has 1 atom stereocenters. The summed E-state index contributed by atoms with van der Waals surface area (Å²) in [6.45, 7) is 4.28. The third-order valence-electron chi connectivity index (χ3n) is 1.68. The summed E-state index contributed by atoms with van der Waals surface area (Å²) in [5.74, 6) is 0.556. The molecule has 0 aliphatic heterocycles. The summed E-state index contributed by atoms with van der Waals surface area (Å²) in [5.41, 5.74) is 0. The van der Waals surface area contributed by atoms with Crippen LogP contribution in [0.5, 0.6) is 0 Å². The van der Waals surface area contributed by atoms with Crippen LogP contribution in [-0.2, 0) is 14.3 Å². The Morgan fingerprint density at radius 1 is 1.67 bits per heavy atom. The second-order valence-electron chi connectivity index (χ2n) is 2.79. The molecule has 0 spiro atoms. The molecule has 0 fully saturated rings. The van der Waals surface area contributed by atoms with Gasteiger partial charge in [-0.2, -0.15) is 0 Å². The van der Waals surface area contributed by atoms with Crippen LogP contribution in [0.2, 0.25) is 0 Å². The molecule has 3 nitrogen and oxygen atoms in total. The molecule has 0 amide bonds. The molecule has 1 aromatic heterocycles. The minimum atomic E-state index is -0.344. The zero-order valence-corrected chi connectivity index (χ0v) is 9.62. The highest BCUT2D eigenvalue weighted by Gasteiger charge is 2.08. The standard InChI is InChI=1S/C11H14O3S/c1-3-13-9(2)14-10(6-7-12)11-5-4-8-15-11/h4-9H,3H2,1-2H3. The molecule has 1 rings (SSSR count). The van der Waals surface area contributed by atoms with Gasteiger partial charge in [-0.25, -0.2) is 0 Å². The number of aldehydes is 1. The van der Waals surface area contributed by atoms with Crippen LogP contribution < -0.4 is 0 Å². The van der Waals surface area contributed by atoms with Gasteiger partial charge in [0.15, 0.2) is 6.29 Å². The Bertz CT molecular complexity index is 317. The lowest BCUT2D eigenvalue weighted by atomic mass is 10.4. The van der Waals surface area contributed by atoms with E-state index in [0.717, 1.165) is 4.88 Å². The van der Waals surface area contributed by atoms with Gasteiger partial charge in [-0.3, -0.25) is 4.79 Å². The van der Waals surface area contributed by atoms with Crippen molar-refractivity contribution in [2.75, 3.05) is 6.61 Å². The van der Waals surface area contributed by atoms with Crippen LogP contribution in [0.1, 0.15) is 18.7 Å². The van der Waals surface area contributed by atoms with Crippen LogP contribution >= 0.6 is 11.3 Å². The van der Waals surface area contributed by atoms with Gasteiger partial charge in [0.05, 0.1) is 4.88 Å². The summed E-state index contributed by atoms with van der Waals surface area (Å²) in [6, 6.07) is 3.81. The van der Waals surface area contributed by atoms with Crippen molar-refractivity contribution in [3.05, 3.63) is 28.5 Å². The fourth-order valence-electron chi connectivity index (χ4n) is 1.11. The van der Waals surface area contributed by atoms with Crippen LogP contribution in [0.4, 0.5) is 0 Å². The molecule has 0 radical (unpaired) electrons. The van der Waals surface area contributed by atoms with Crippen molar-refractivity contribution >= 4 is 23.4 Å². The normalized spacial score (nSPS) is 13.6. The number of hydrogen-bond acceptors (Lipinski definition) is 4. The van der Waals surface area contributed by atoms with E-state index in [9.17, 15) is 4.79 Å². The van der Waals surface area contributed by atoms with Crippen LogP contribution in [0.3, 0.4) is 0 Å². The van der Waals surface area contributed by atoms with Gasteiger partial charge in [0.25, 0.3) is 0 Å². The average molecular weight is 226 g/mol. The minimum Gasteiger partial charge on any atom is -0.464 e. The number of carbonyl (C=O) groups is 1. The molecule has 82 valence electrons. The van der Waals surface area contributed by atoms with Gasteiger partial charge in [-0.1, -0.05) is 6.07 Å². The third-order valence-corrected chi connectivity index (χ3v) is 2.56. The molecule has 0 aliphatic rings. The Hall–Kier alpha value is -1.13. The molecule has 0 saturated carbocycles. The van der Waals surface area contributed by atoms with E-state index in [1.165, 1.54) is 17.4 Å². The van der Waals surface area contributed by atoms with Crippen LogP contribution in [0.25, 0.3) is 5.76 Å². The van der Waals surface area contributed by atoms with Gasteiger partial charge >= 0.3 is 0 Å². The van der Waals surface area contributed by atoms with Crippen LogP contribution in [-0.4, -0.2) is 19.2 Å². The largest absolute Gasteiger partial charge is 0.464 e. The van der Waals surface area contributed by atoms with Gasteiger partial charge in [0.2, 0.25) is 0 Å². The molecule has 1 aromatic rings. The van der Waals surface area contributed by atoms with Crippen LogP contribution in [0.15, 0.2) is 23.6 Å². The first kappa shape index (κ1) is 11.9. The summed E-state index contributed by atoms with van der Waals surface area (Å²) >= 11 is 1.52. The molecule has 1 heterocycles. The van der Waals surface area contributed by atoms with Gasteiger partial charge in [-0.05, 0) is 25.3 Å². The zero-order chi connectivity index (χ0) is 11.1. The van der Waals surface area contributed by atoms with E-state index in [2.05, 4.69) is 0 Å². The second-order valence-corrected chi connectivity index (χ2v) is 3.73. The summed E-state index contributed by atoms with van der Waals surface area (Å²) in [5, 5.41) is 1.93. The molecule has 0 saturated heterocycles. The highest BCUT2D eigenvalue weighted by molar-refractivity contribution is 7.11. The lowest BCUT2D eigenvalue weighted by Gasteiger charge is -2.15. The van der Waals surface area contributed by atoms with E-state index < -0.39 is 0 Å². The highest BCUT2D eigenvalue weighted by Crippen LogP contribution is 2.22. The topological polar surface area (TPSA) is 35.5 Å². The summed E-state index contributed by atoms with van der Waals surface area (Å²) in [4.78, 5) is 11.4. The number of ether oxygens (including phenoxy) is 2. The molecule has 4 heteroatoms. The number of carbonyl (C=O) groups excluding carboxylic acids is 1. The zero-order valence-electron chi connectivity index (χ0n) is 8.80. The molecule has 1 unspecified atom stereocenters. The maximum absolute atomic E-state index is 10.5. The first-order valence-corrected chi connectivity index (χ1v) is 5.63. The van der Waals surface area contributed by atoms with Crippen LogP contribution in [0, 0.1) is 0 Å². The van der Waals surface area contributed by atoms with Crippen molar-refractivity contribution in [3.63, 3.8) is 0 Å². The summed E-state index contributed by atoms with van der Waals surface area (Å²) in [7, 11) is 0.